The first-order valence-electron chi connectivity index (χ1n) is 7.66. The second kappa shape index (κ2) is 7.96. The summed E-state index contributed by atoms with van der Waals surface area (Å²) in [7, 11) is -3.82. The molecule has 0 bridgehead atoms. The number of aromatic nitrogens is 1. The lowest BCUT2D eigenvalue weighted by atomic mass is 10.2. The van der Waals surface area contributed by atoms with Gasteiger partial charge in [0.25, 0.3) is 15.9 Å². The highest BCUT2D eigenvalue weighted by molar-refractivity contribution is 7.92. The molecule has 6 nitrogen and oxygen atoms in total. The molecule has 0 aliphatic rings. The van der Waals surface area contributed by atoms with Crippen LogP contribution in [0.1, 0.15) is 10.4 Å². The standard InChI is InChI=1S/C18H13Cl2N3O3S/c19-15-5-1-2-6-16(15)23-27(25,26)13-9-7-12(8-10-13)22-18(24)14-4-3-11-21-17(14)20/h1-11,23H,(H,22,24). The molecule has 0 saturated carbocycles. The number of hydrogen-bond acceptors (Lipinski definition) is 4. The van der Waals surface area contributed by atoms with E-state index < -0.39 is 15.9 Å². The molecule has 27 heavy (non-hydrogen) atoms. The van der Waals surface area contributed by atoms with E-state index in [9.17, 15) is 13.2 Å². The van der Waals surface area contributed by atoms with Crippen LogP contribution in [-0.4, -0.2) is 19.3 Å². The normalized spacial score (nSPS) is 11.0. The van der Waals surface area contributed by atoms with Gasteiger partial charge in [-0.1, -0.05) is 35.3 Å². The fraction of sp³-hybridized carbons (Fsp3) is 0. The Morgan fingerprint density at radius 3 is 2.30 bits per heavy atom. The number of amides is 1. The van der Waals surface area contributed by atoms with E-state index in [1.807, 2.05) is 0 Å². The van der Waals surface area contributed by atoms with Gasteiger partial charge in [0.2, 0.25) is 0 Å². The van der Waals surface area contributed by atoms with Gasteiger partial charge in [0.15, 0.2) is 0 Å². The summed E-state index contributed by atoms with van der Waals surface area (Å²) in [6.45, 7) is 0. The Bertz CT molecular complexity index is 1090. The minimum Gasteiger partial charge on any atom is -0.322 e. The maximum atomic E-state index is 12.5. The first-order chi connectivity index (χ1) is 12.9. The number of sulfonamides is 1. The maximum Gasteiger partial charge on any atom is 0.261 e. The van der Waals surface area contributed by atoms with Crippen LogP contribution in [0.2, 0.25) is 10.2 Å². The van der Waals surface area contributed by atoms with Crippen molar-refractivity contribution < 1.29 is 13.2 Å². The SMILES string of the molecule is O=C(Nc1ccc(S(=O)(=O)Nc2ccccc2Cl)cc1)c1cccnc1Cl. The molecule has 0 fully saturated rings. The predicted octanol–water partition coefficient (Wildman–Crippen LogP) is 4.44. The summed E-state index contributed by atoms with van der Waals surface area (Å²) in [5.74, 6) is -0.446. The molecule has 1 heterocycles. The quantitative estimate of drug-likeness (QED) is 0.595. The Balaban J connectivity index is 1.76. The summed E-state index contributed by atoms with van der Waals surface area (Å²) < 4.78 is 27.4. The van der Waals surface area contributed by atoms with Crippen molar-refractivity contribution in [2.75, 3.05) is 10.0 Å². The minimum atomic E-state index is -3.82. The van der Waals surface area contributed by atoms with E-state index in [-0.39, 0.29) is 21.3 Å². The molecule has 0 spiro atoms. The number of hydrogen-bond donors (Lipinski definition) is 2. The van der Waals surface area contributed by atoms with Crippen molar-refractivity contribution in [1.82, 2.24) is 4.98 Å². The van der Waals surface area contributed by atoms with Crippen molar-refractivity contribution in [2.45, 2.75) is 4.90 Å². The molecule has 2 aromatic carbocycles. The molecule has 0 radical (unpaired) electrons. The molecular formula is C18H13Cl2N3O3S. The molecule has 0 aliphatic heterocycles. The van der Waals surface area contributed by atoms with Crippen molar-refractivity contribution in [1.29, 1.82) is 0 Å². The summed E-state index contributed by atoms with van der Waals surface area (Å²) in [5, 5.41) is 3.01. The molecule has 3 aromatic rings. The number of anilines is 2. The van der Waals surface area contributed by atoms with Crippen molar-refractivity contribution >= 4 is 50.5 Å². The zero-order chi connectivity index (χ0) is 19.4. The molecule has 1 amide bonds. The van der Waals surface area contributed by atoms with Gasteiger partial charge in [0.05, 0.1) is 21.2 Å². The van der Waals surface area contributed by atoms with Crippen molar-refractivity contribution in [2.24, 2.45) is 0 Å². The summed E-state index contributed by atoms with van der Waals surface area (Å²) in [6, 6.07) is 15.4. The maximum absolute atomic E-state index is 12.5. The van der Waals surface area contributed by atoms with Gasteiger partial charge >= 0.3 is 0 Å². The number of carbonyl (C=O) groups is 1. The Hall–Kier alpha value is -2.61. The molecule has 0 saturated heterocycles. The van der Waals surface area contributed by atoms with Gasteiger partial charge in [0.1, 0.15) is 5.15 Å². The second-order valence-electron chi connectivity index (χ2n) is 5.41. The van der Waals surface area contributed by atoms with E-state index in [0.717, 1.165) is 0 Å². The van der Waals surface area contributed by atoms with Gasteiger partial charge in [-0.2, -0.15) is 0 Å². The zero-order valence-electron chi connectivity index (χ0n) is 13.7. The minimum absolute atomic E-state index is 0.0276. The van der Waals surface area contributed by atoms with Gasteiger partial charge in [-0.15, -0.1) is 0 Å². The van der Waals surface area contributed by atoms with Gasteiger partial charge < -0.3 is 5.32 Å². The van der Waals surface area contributed by atoms with E-state index in [0.29, 0.717) is 10.7 Å². The van der Waals surface area contributed by atoms with Crippen LogP contribution < -0.4 is 10.0 Å². The molecule has 0 aliphatic carbocycles. The molecule has 0 atom stereocenters. The third-order valence-electron chi connectivity index (χ3n) is 3.54. The highest BCUT2D eigenvalue weighted by Crippen LogP contribution is 2.24. The van der Waals surface area contributed by atoms with Crippen LogP contribution in [0.4, 0.5) is 11.4 Å². The summed E-state index contributed by atoms with van der Waals surface area (Å²) in [4.78, 5) is 16.1. The number of nitrogens with one attached hydrogen (secondary N) is 2. The Morgan fingerprint density at radius 2 is 1.63 bits per heavy atom. The summed E-state index contributed by atoms with van der Waals surface area (Å²) in [6.07, 6.45) is 1.48. The van der Waals surface area contributed by atoms with Crippen LogP contribution >= 0.6 is 23.2 Å². The lowest BCUT2D eigenvalue weighted by Gasteiger charge is -2.10. The molecule has 138 valence electrons. The van der Waals surface area contributed by atoms with Gasteiger partial charge in [-0.3, -0.25) is 9.52 Å². The summed E-state index contributed by atoms with van der Waals surface area (Å²) in [5.41, 5.74) is 0.913. The van der Waals surface area contributed by atoms with E-state index in [1.165, 1.54) is 36.5 Å². The van der Waals surface area contributed by atoms with E-state index in [4.69, 9.17) is 23.2 Å². The average Bonchev–Trinajstić information content (AvgIpc) is 2.64. The smallest absolute Gasteiger partial charge is 0.261 e. The molecule has 3 rings (SSSR count). The van der Waals surface area contributed by atoms with Gasteiger partial charge in [-0.05, 0) is 48.5 Å². The Morgan fingerprint density at radius 1 is 0.926 bits per heavy atom. The molecular weight excluding hydrogens is 409 g/mol. The molecule has 9 heteroatoms. The highest BCUT2D eigenvalue weighted by Gasteiger charge is 2.16. The van der Waals surface area contributed by atoms with Crippen molar-refractivity contribution in [3.8, 4) is 0 Å². The van der Waals surface area contributed by atoms with Crippen LogP contribution in [0.3, 0.4) is 0 Å². The van der Waals surface area contributed by atoms with Crippen molar-refractivity contribution in [3.05, 3.63) is 82.6 Å². The van der Waals surface area contributed by atoms with Gasteiger partial charge in [-0.25, -0.2) is 13.4 Å². The number of nitrogens with zero attached hydrogens (tertiary/aromatic N) is 1. The largest absolute Gasteiger partial charge is 0.322 e. The fourth-order valence-electron chi connectivity index (χ4n) is 2.22. The molecule has 2 N–H and O–H groups in total. The third kappa shape index (κ3) is 4.57. The zero-order valence-corrected chi connectivity index (χ0v) is 16.0. The van der Waals surface area contributed by atoms with E-state index in [1.54, 1.807) is 30.3 Å². The lowest BCUT2D eigenvalue weighted by Crippen LogP contribution is -2.14. The average molecular weight is 422 g/mol. The molecule has 1 aromatic heterocycles. The van der Waals surface area contributed by atoms with Crippen molar-refractivity contribution in [3.63, 3.8) is 0 Å². The number of carbonyl (C=O) groups excluding carboxylic acids is 1. The third-order valence-corrected chi connectivity index (χ3v) is 5.56. The number of pyridine rings is 1. The number of benzene rings is 2. The second-order valence-corrected chi connectivity index (χ2v) is 7.85. The van der Waals surface area contributed by atoms with E-state index in [2.05, 4.69) is 15.0 Å². The van der Waals surface area contributed by atoms with Gasteiger partial charge in [0, 0.05) is 11.9 Å². The number of halogens is 2. The first kappa shape index (κ1) is 19.2. The van der Waals surface area contributed by atoms with Crippen LogP contribution in [0.5, 0.6) is 0 Å². The number of para-hydroxylation sites is 1. The predicted molar refractivity (Wildman–Crippen MR) is 106 cm³/mol. The Labute approximate surface area is 166 Å². The summed E-state index contributed by atoms with van der Waals surface area (Å²) >= 11 is 11.9. The first-order valence-corrected chi connectivity index (χ1v) is 9.90. The fourth-order valence-corrected chi connectivity index (χ4v) is 3.74. The molecule has 0 unspecified atom stereocenters. The van der Waals surface area contributed by atoms with Crippen LogP contribution in [-0.2, 0) is 10.0 Å². The lowest BCUT2D eigenvalue weighted by molar-refractivity contribution is 0.102. The topological polar surface area (TPSA) is 88.2 Å². The monoisotopic (exact) mass is 421 g/mol. The van der Waals surface area contributed by atoms with E-state index >= 15 is 0 Å². The highest BCUT2D eigenvalue weighted by atomic mass is 35.5. The van der Waals surface area contributed by atoms with Crippen LogP contribution in [0, 0.1) is 0 Å². The van der Waals surface area contributed by atoms with Crippen LogP contribution in [0.15, 0.2) is 71.8 Å². The van der Waals surface area contributed by atoms with Crippen LogP contribution in [0.25, 0.3) is 0 Å². The number of rotatable bonds is 5. The Kier molecular flexibility index (Phi) is 5.65.